The fourth-order valence-electron chi connectivity index (χ4n) is 3.73. The molecule has 158 valence electrons. The summed E-state index contributed by atoms with van der Waals surface area (Å²) >= 11 is 5.87. The summed E-state index contributed by atoms with van der Waals surface area (Å²) < 4.78 is 5.11. The lowest BCUT2D eigenvalue weighted by molar-refractivity contribution is -0.119. The molecule has 7 nitrogen and oxygen atoms in total. The minimum absolute atomic E-state index is 0.107. The number of amides is 2. The summed E-state index contributed by atoms with van der Waals surface area (Å²) in [6, 6.07) is 12.5. The smallest absolute Gasteiger partial charge is 0.337 e. The van der Waals surface area contributed by atoms with E-state index in [-0.39, 0.29) is 22.2 Å². The van der Waals surface area contributed by atoms with E-state index < -0.39 is 17.9 Å². The summed E-state index contributed by atoms with van der Waals surface area (Å²) in [5.41, 5.74) is 2.20. The number of carboxylic acid groups (broad SMARTS) is 1. The van der Waals surface area contributed by atoms with Gasteiger partial charge in [-0.2, -0.15) is 0 Å². The number of nitrogens with one attached hydrogen (secondary N) is 1. The fraction of sp³-hybridized carbons (Fsp3) is 0.174. The van der Waals surface area contributed by atoms with E-state index in [0.717, 1.165) is 11.1 Å². The topological polar surface area (TPSA) is 99.9 Å². The van der Waals surface area contributed by atoms with Gasteiger partial charge in [0.25, 0.3) is 5.91 Å². The average molecular weight is 439 g/mol. The molecule has 1 fully saturated rings. The molecular weight excluding hydrogens is 420 g/mol. The first kappa shape index (κ1) is 20.7. The van der Waals surface area contributed by atoms with Gasteiger partial charge >= 0.3 is 5.97 Å². The molecule has 0 bridgehead atoms. The Labute approximate surface area is 183 Å². The molecule has 0 radical (unpaired) electrons. The number of rotatable bonds is 5. The zero-order chi connectivity index (χ0) is 22.0. The normalized spacial score (nSPS) is 15.6. The third-order valence-corrected chi connectivity index (χ3v) is 5.49. The van der Waals surface area contributed by atoms with Gasteiger partial charge in [0.05, 0.1) is 23.8 Å². The van der Waals surface area contributed by atoms with E-state index in [0.29, 0.717) is 24.9 Å². The van der Waals surface area contributed by atoms with Gasteiger partial charge in [-0.15, -0.1) is 0 Å². The number of halogens is 1. The number of hydrogen-bond acceptors (Lipinski definition) is 4. The van der Waals surface area contributed by atoms with E-state index in [2.05, 4.69) is 5.32 Å². The number of benzene rings is 2. The Kier molecular flexibility index (Phi) is 5.77. The molecule has 1 aliphatic rings. The highest BCUT2D eigenvalue weighted by Gasteiger charge is 2.35. The maximum Gasteiger partial charge on any atom is 0.337 e. The Morgan fingerprint density at radius 1 is 1.10 bits per heavy atom. The van der Waals surface area contributed by atoms with Crippen molar-refractivity contribution in [1.29, 1.82) is 0 Å². The van der Waals surface area contributed by atoms with Gasteiger partial charge in [0.15, 0.2) is 0 Å². The van der Waals surface area contributed by atoms with Gasteiger partial charge in [0.1, 0.15) is 6.04 Å². The number of furan rings is 1. The maximum atomic E-state index is 13.2. The SMILES string of the molecule is O=C(O)c1cc(Cl)ccc1NC(=O)[C@H]1CCCN1C(=O)c1cccc(-c2ccoc2)c1. The third-order valence-electron chi connectivity index (χ3n) is 5.25. The van der Waals surface area contributed by atoms with Crippen molar-refractivity contribution in [3.8, 4) is 11.1 Å². The molecule has 2 aromatic carbocycles. The Balaban J connectivity index is 1.54. The highest BCUT2D eigenvalue weighted by atomic mass is 35.5. The molecule has 31 heavy (non-hydrogen) atoms. The predicted octanol–water partition coefficient (Wildman–Crippen LogP) is 4.54. The number of nitrogens with zero attached hydrogens (tertiary/aromatic N) is 1. The Bertz CT molecular complexity index is 1140. The highest BCUT2D eigenvalue weighted by Crippen LogP contribution is 2.26. The van der Waals surface area contributed by atoms with Crippen LogP contribution in [0, 0.1) is 0 Å². The molecule has 0 saturated carbocycles. The number of aromatic carboxylic acids is 1. The molecule has 1 saturated heterocycles. The van der Waals surface area contributed by atoms with E-state index in [4.69, 9.17) is 16.0 Å². The zero-order valence-electron chi connectivity index (χ0n) is 16.4. The van der Waals surface area contributed by atoms with Crippen molar-refractivity contribution in [2.45, 2.75) is 18.9 Å². The van der Waals surface area contributed by atoms with Crippen LogP contribution in [0.3, 0.4) is 0 Å². The first-order chi connectivity index (χ1) is 14.9. The molecule has 1 aromatic heterocycles. The van der Waals surface area contributed by atoms with Crippen LogP contribution in [0.25, 0.3) is 11.1 Å². The van der Waals surface area contributed by atoms with Gasteiger partial charge in [-0.25, -0.2) is 4.79 Å². The Morgan fingerprint density at radius 2 is 1.94 bits per heavy atom. The average Bonchev–Trinajstić information content (AvgIpc) is 3.46. The summed E-state index contributed by atoms with van der Waals surface area (Å²) in [4.78, 5) is 39.1. The zero-order valence-corrected chi connectivity index (χ0v) is 17.1. The lowest BCUT2D eigenvalue weighted by atomic mass is 10.0. The van der Waals surface area contributed by atoms with Crippen molar-refractivity contribution in [1.82, 2.24) is 4.90 Å². The second-order valence-electron chi connectivity index (χ2n) is 7.23. The van der Waals surface area contributed by atoms with Gasteiger partial charge < -0.3 is 19.7 Å². The summed E-state index contributed by atoms with van der Waals surface area (Å²) in [5, 5.41) is 12.3. The number of carbonyl (C=O) groups excluding carboxylic acids is 2. The number of anilines is 1. The van der Waals surface area contributed by atoms with Crippen LogP contribution >= 0.6 is 11.6 Å². The monoisotopic (exact) mass is 438 g/mol. The molecular formula is C23H19ClN2O5. The lowest BCUT2D eigenvalue weighted by Crippen LogP contribution is -2.43. The summed E-state index contributed by atoms with van der Waals surface area (Å²) in [6.07, 6.45) is 4.33. The molecule has 0 spiro atoms. The lowest BCUT2D eigenvalue weighted by Gasteiger charge is -2.24. The Morgan fingerprint density at radius 3 is 2.68 bits per heavy atom. The molecule has 1 aliphatic heterocycles. The standard InChI is InChI=1S/C23H19ClN2O5/c24-17-6-7-19(18(12-17)23(29)30)25-21(27)20-5-2-9-26(20)22(28)15-4-1-3-14(11-15)16-8-10-31-13-16/h1,3-4,6-8,10-13,20H,2,5,9H2,(H,25,27)(H,29,30)/t20-/m1/s1. The number of hydrogen-bond donors (Lipinski definition) is 2. The fourth-order valence-corrected chi connectivity index (χ4v) is 3.90. The van der Waals surface area contributed by atoms with Crippen molar-refractivity contribution < 1.29 is 23.9 Å². The van der Waals surface area contributed by atoms with Gasteiger partial charge in [-0.3, -0.25) is 9.59 Å². The van der Waals surface area contributed by atoms with E-state index >= 15 is 0 Å². The Hall–Kier alpha value is -3.58. The van der Waals surface area contributed by atoms with Crippen LogP contribution in [-0.4, -0.2) is 40.4 Å². The molecule has 3 aromatic rings. The van der Waals surface area contributed by atoms with Crippen LogP contribution in [0.15, 0.2) is 65.5 Å². The number of likely N-dealkylation sites (tertiary alicyclic amines) is 1. The van der Waals surface area contributed by atoms with Crippen LogP contribution in [0.1, 0.15) is 33.6 Å². The molecule has 2 N–H and O–H groups in total. The molecule has 2 amide bonds. The van der Waals surface area contributed by atoms with Crippen LogP contribution in [-0.2, 0) is 4.79 Å². The van der Waals surface area contributed by atoms with E-state index in [1.807, 2.05) is 12.1 Å². The second kappa shape index (κ2) is 8.65. The van der Waals surface area contributed by atoms with E-state index in [1.54, 1.807) is 30.7 Å². The van der Waals surface area contributed by atoms with Crippen molar-refractivity contribution in [3.63, 3.8) is 0 Å². The van der Waals surface area contributed by atoms with Gasteiger partial charge in [0.2, 0.25) is 5.91 Å². The van der Waals surface area contributed by atoms with Crippen LogP contribution < -0.4 is 5.32 Å². The molecule has 8 heteroatoms. The highest BCUT2D eigenvalue weighted by molar-refractivity contribution is 6.31. The minimum Gasteiger partial charge on any atom is -0.478 e. The van der Waals surface area contributed by atoms with Crippen LogP contribution in [0.4, 0.5) is 5.69 Å². The molecule has 1 atom stereocenters. The summed E-state index contributed by atoms with van der Waals surface area (Å²) in [5.74, 6) is -1.88. The largest absolute Gasteiger partial charge is 0.478 e. The second-order valence-corrected chi connectivity index (χ2v) is 7.67. The van der Waals surface area contributed by atoms with Crippen molar-refractivity contribution >= 4 is 35.1 Å². The van der Waals surface area contributed by atoms with Crippen molar-refractivity contribution in [2.75, 3.05) is 11.9 Å². The first-order valence-electron chi connectivity index (χ1n) is 9.71. The van der Waals surface area contributed by atoms with Crippen molar-refractivity contribution in [3.05, 3.63) is 77.2 Å². The molecule has 2 heterocycles. The summed E-state index contributed by atoms with van der Waals surface area (Å²) in [7, 11) is 0. The van der Waals surface area contributed by atoms with Crippen LogP contribution in [0.5, 0.6) is 0 Å². The third kappa shape index (κ3) is 4.32. The number of carboxylic acids is 1. The molecule has 0 unspecified atom stereocenters. The first-order valence-corrected chi connectivity index (χ1v) is 10.1. The van der Waals surface area contributed by atoms with Gasteiger partial charge in [-0.1, -0.05) is 23.7 Å². The quantitative estimate of drug-likeness (QED) is 0.609. The van der Waals surface area contributed by atoms with Crippen molar-refractivity contribution in [2.24, 2.45) is 0 Å². The van der Waals surface area contributed by atoms with Gasteiger partial charge in [-0.05, 0) is 54.8 Å². The molecule has 0 aliphatic carbocycles. The van der Waals surface area contributed by atoms with Crippen LogP contribution in [0.2, 0.25) is 5.02 Å². The summed E-state index contributed by atoms with van der Waals surface area (Å²) in [6.45, 7) is 0.444. The predicted molar refractivity (Wildman–Crippen MR) is 115 cm³/mol. The molecule has 4 rings (SSSR count). The van der Waals surface area contributed by atoms with Gasteiger partial charge in [0, 0.05) is 22.7 Å². The maximum absolute atomic E-state index is 13.2. The minimum atomic E-state index is -1.20. The van der Waals surface area contributed by atoms with E-state index in [1.165, 1.54) is 23.1 Å². The number of carbonyl (C=O) groups is 3. The van der Waals surface area contributed by atoms with E-state index in [9.17, 15) is 19.5 Å².